The average molecular weight is 429 g/mol. The number of para-hydroxylation sites is 2. The molecule has 0 bridgehead atoms. The van der Waals surface area contributed by atoms with Crippen molar-refractivity contribution in [2.45, 2.75) is 51.7 Å². The number of nitrogens with one attached hydrogen (secondary N) is 1. The van der Waals surface area contributed by atoms with Crippen molar-refractivity contribution >= 4 is 21.6 Å². The van der Waals surface area contributed by atoms with E-state index in [4.69, 9.17) is 4.74 Å². The van der Waals surface area contributed by atoms with E-state index in [-0.39, 0.29) is 24.2 Å². The quantitative estimate of drug-likeness (QED) is 0.792. The number of fused-ring (bicyclic) bond motifs is 2. The second-order valence-electron chi connectivity index (χ2n) is 7.97. The van der Waals surface area contributed by atoms with Crippen LogP contribution in [0.3, 0.4) is 0 Å². The van der Waals surface area contributed by atoms with Gasteiger partial charge in [0, 0.05) is 0 Å². The highest BCUT2D eigenvalue weighted by molar-refractivity contribution is 7.92. The number of rotatable bonds is 5. The summed E-state index contributed by atoms with van der Waals surface area (Å²) >= 11 is 0. The van der Waals surface area contributed by atoms with E-state index >= 15 is 0 Å². The van der Waals surface area contributed by atoms with Crippen LogP contribution in [0, 0.1) is 0 Å². The van der Waals surface area contributed by atoms with E-state index in [1.54, 1.807) is 31.2 Å². The van der Waals surface area contributed by atoms with Gasteiger partial charge in [-0.1, -0.05) is 30.3 Å². The number of amides is 1. The Kier molecular flexibility index (Phi) is 5.73. The number of hydrogen-bond acceptors (Lipinski definition) is 4. The van der Waals surface area contributed by atoms with Crippen molar-refractivity contribution in [3.05, 3.63) is 59.2 Å². The Balaban J connectivity index is 1.52. The number of aryl methyl sites for hydroxylation is 2. The smallest absolute Gasteiger partial charge is 0.263 e. The lowest BCUT2D eigenvalue weighted by Gasteiger charge is -2.35. The molecule has 0 radical (unpaired) electrons. The van der Waals surface area contributed by atoms with Crippen LogP contribution in [-0.2, 0) is 27.7 Å². The SMILES string of the molecule is CCS(=O)(=O)N1C[C@H](C(=O)N[C@@H](C)c2ccc3c(c2)CCCC3)Oc2ccccc21. The molecule has 0 spiro atoms. The first-order chi connectivity index (χ1) is 14.4. The Hall–Kier alpha value is -2.54. The second kappa shape index (κ2) is 8.30. The van der Waals surface area contributed by atoms with Gasteiger partial charge < -0.3 is 10.1 Å². The highest BCUT2D eigenvalue weighted by Gasteiger charge is 2.36. The molecule has 4 rings (SSSR count). The normalized spacial score (nSPS) is 19.3. The first kappa shape index (κ1) is 20.7. The van der Waals surface area contributed by atoms with Gasteiger partial charge in [-0.15, -0.1) is 0 Å². The number of hydrogen-bond donors (Lipinski definition) is 1. The third-order valence-corrected chi connectivity index (χ3v) is 7.71. The molecule has 0 aromatic heterocycles. The summed E-state index contributed by atoms with van der Waals surface area (Å²) in [6, 6.07) is 13.2. The van der Waals surface area contributed by atoms with Gasteiger partial charge in [0.1, 0.15) is 5.75 Å². The molecule has 1 N–H and O–H groups in total. The molecule has 1 aliphatic heterocycles. The summed E-state index contributed by atoms with van der Waals surface area (Å²) in [5, 5.41) is 3.01. The van der Waals surface area contributed by atoms with Crippen molar-refractivity contribution < 1.29 is 17.9 Å². The molecule has 1 aliphatic carbocycles. The maximum atomic E-state index is 13.0. The van der Waals surface area contributed by atoms with Gasteiger partial charge in [0.25, 0.3) is 5.91 Å². The first-order valence-electron chi connectivity index (χ1n) is 10.6. The Morgan fingerprint density at radius 3 is 2.67 bits per heavy atom. The maximum absolute atomic E-state index is 13.0. The number of benzene rings is 2. The molecular formula is C23H28N2O4S. The lowest BCUT2D eigenvalue weighted by Crippen LogP contribution is -2.51. The van der Waals surface area contributed by atoms with Crippen LogP contribution in [0.2, 0.25) is 0 Å². The number of ether oxygens (including phenoxy) is 1. The number of nitrogens with zero attached hydrogens (tertiary/aromatic N) is 1. The lowest BCUT2D eigenvalue weighted by molar-refractivity contribution is -0.128. The fourth-order valence-electron chi connectivity index (χ4n) is 4.17. The zero-order chi connectivity index (χ0) is 21.3. The predicted octanol–water partition coefficient (Wildman–Crippen LogP) is 3.36. The molecule has 2 aromatic carbocycles. The summed E-state index contributed by atoms with van der Waals surface area (Å²) in [6.07, 6.45) is 3.73. The summed E-state index contributed by atoms with van der Waals surface area (Å²) in [6.45, 7) is 3.51. The zero-order valence-corrected chi connectivity index (χ0v) is 18.2. The van der Waals surface area contributed by atoms with Crippen molar-refractivity contribution in [1.82, 2.24) is 5.32 Å². The fraction of sp³-hybridized carbons (Fsp3) is 0.435. The van der Waals surface area contributed by atoms with Crippen LogP contribution in [0.1, 0.15) is 49.4 Å². The molecule has 0 unspecified atom stereocenters. The summed E-state index contributed by atoms with van der Waals surface area (Å²) in [5.41, 5.74) is 4.29. The van der Waals surface area contributed by atoms with Crippen LogP contribution < -0.4 is 14.4 Å². The lowest BCUT2D eigenvalue weighted by atomic mass is 9.89. The molecule has 1 amide bonds. The Morgan fingerprint density at radius 2 is 1.90 bits per heavy atom. The van der Waals surface area contributed by atoms with Gasteiger partial charge >= 0.3 is 0 Å². The summed E-state index contributed by atoms with van der Waals surface area (Å²) in [7, 11) is -3.52. The Morgan fingerprint density at radius 1 is 1.17 bits per heavy atom. The van der Waals surface area contributed by atoms with Crippen molar-refractivity contribution in [3.8, 4) is 5.75 Å². The van der Waals surface area contributed by atoms with Gasteiger partial charge in [-0.2, -0.15) is 0 Å². The van der Waals surface area contributed by atoms with Crippen LogP contribution in [0.25, 0.3) is 0 Å². The summed E-state index contributed by atoms with van der Waals surface area (Å²) in [5.74, 6) is 0.0506. The monoisotopic (exact) mass is 428 g/mol. The van der Waals surface area contributed by atoms with Crippen molar-refractivity contribution in [2.75, 3.05) is 16.6 Å². The standard InChI is InChI=1S/C23H28N2O4S/c1-3-30(27,28)25-15-22(29-21-11-7-6-10-20(21)25)23(26)24-16(2)18-13-12-17-8-4-5-9-19(17)14-18/h6-7,10-14,16,22H,3-5,8-9,15H2,1-2H3,(H,24,26)/t16-,22+/m0/s1. The van der Waals surface area contributed by atoms with Crippen LogP contribution in [0.5, 0.6) is 5.75 Å². The molecule has 2 atom stereocenters. The summed E-state index contributed by atoms with van der Waals surface area (Å²) in [4.78, 5) is 13.0. The number of carbonyl (C=O) groups is 1. The molecule has 7 heteroatoms. The van der Waals surface area contributed by atoms with Gasteiger partial charge in [0.2, 0.25) is 10.0 Å². The Bertz CT molecular complexity index is 1050. The van der Waals surface area contributed by atoms with E-state index in [2.05, 4.69) is 23.5 Å². The molecule has 1 heterocycles. The second-order valence-corrected chi connectivity index (χ2v) is 10.2. The molecule has 2 aromatic rings. The summed E-state index contributed by atoms with van der Waals surface area (Å²) < 4.78 is 32.4. The van der Waals surface area contributed by atoms with E-state index in [9.17, 15) is 13.2 Å². The zero-order valence-electron chi connectivity index (χ0n) is 17.4. The molecule has 2 aliphatic rings. The van der Waals surface area contributed by atoms with E-state index < -0.39 is 16.1 Å². The topological polar surface area (TPSA) is 75.7 Å². The van der Waals surface area contributed by atoms with Crippen LogP contribution in [0.4, 0.5) is 5.69 Å². The van der Waals surface area contributed by atoms with E-state index in [1.165, 1.54) is 28.3 Å². The average Bonchev–Trinajstić information content (AvgIpc) is 2.77. The van der Waals surface area contributed by atoms with E-state index in [1.807, 2.05) is 6.92 Å². The van der Waals surface area contributed by atoms with Gasteiger partial charge in [-0.05, 0) is 68.4 Å². The van der Waals surface area contributed by atoms with Crippen molar-refractivity contribution in [1.29, 1.82) is 0 Å². The molecule has 6 nitrogen and oxygen atoms in total. The Labute approximate surface area is 178 Å². The van der Waals surface area contributed by atoms with Crippen molar-refractivity contribution in [2.24, 2.45) is 0 Å². The molecule has 30 heavy (non-hydrogen) atoms. The highest BCUT2D eigenvalue weighted by atomic mass is 32.2. The van der Waals surface area contributed by atoms with Gasteiger partial charge in [0.15, 0.2) is 6.10 Å². The van der Waals surface area contributed by atoms with Crippen LogP contribution in [-0.4, -0.2) is 32.7 Å². The number of sulfonamides is 1. The van der Waals surface area contributed by atoms with Crippen LogP contribution in [0.15, 0.2) is 42.5 Å². The fourth-order valence-corrected chi connectivity index (χ4v) is 5.30. The largest absolute Gasteiger partial charge is 0.476 e. The molecule has 0 saturated heterocycles. The van der Waals surface area contributed by atoms with Gasteiger partial charge in [0.05, 0.1) is 24.0 Å². The molecule has 0 saturated carbocycles. The number of carbonyl (C=O) groups excluding carboxylic acids is 1. The first-order valence-corrected chi connectivity index (χ1v) is 12.2. The molecule has 0 fully saturated rings. The van der Waals surface area contributed by atoms with Crippen molar-refractivity contribution in [3.63, 3.8) is 0 Å². The van der Waals surface area contributed by atoms with Gasteiger partial charge in [-0.25, -0.2) is 8.42 Å². The van der Waals surface area contributed by atoms with Gasteiger partial charge in [-0.3, -0.25) is 9.10 Å². The third kappa shape index (κ3) is 4.03. The van der Waals surface area contributed by atoms with E-state index in [0.29, 0.717) is 11.4 Å². The third-order valence-electron chi connectivity index (χ3n) is 5.96. The minimum Gasteiger partial charge on any atom is -0.476 e. The highest BCUT2D eigenvalue weighted by Crippen LogP contribution is 2.35. The minimum absolute atomic E-state index is 0.0318. The minimum atomic E-state index is -3.52. The number of anilines is 1. The molecule has 160 valence electrons. The van der Waals surface area contributed by atoms with Crippen LogP contribution >= 0.6 is 0 Å². The maximum Gasteiger partial charge on any atom is 0.263 e. The predicted molar refractivity (Wildman–Crippen MR) is 117 cm³/mol. The molecular weight excluding hydrogens is 400 g/mol. The van der Waals surface area contributed by atoms with E-state index in [0.717, 1.165) is 18.4 Å².